The summed E-state index contributed by atoms with van der Waals surface area (Å²) in [5.74, 6) is -0.288. The average Bonchev–Trinajstić information content (AvgIpc) is 3.06. The second-order valence-electron chi connectivity index (χ2n) is 5.05. The van der Waals surface area contributed by atoms with E-state index in [1.165, 1.54) is 0 Å². The van der Waals surface area contributed by atoms with Crippen LogP contribution in [-0.4, -0.2) is 24.8 Å². The number of benzene rings is 2. The first kappa shape index (κ1) is 14.3. The van der Waals surface area contributed by atoms with Gasteiger partial charge < -0.3 is 4.74 Å². The number of carbonyl (C=O) groups is 1. The maximum atomic E-state index is 11.7. The standard InChI is InChI=1S/C18H18N2O2/c1-2-22-18(21)15-8-10-16(11-9-15)20-13-12-17(19-20)14-6-4-3-5-7-14/h3-11H,2,12-13H2,1H3. The normalized spacial score (nSPS) is 13.9. The number of hydrogen-bond donors (Lipinski definition) is 0. The fraction of sp³-hybridized carbons (Fsp3) is 0.222. The number of hydrogen-bond acceptors (Lipinski definition) is 4. The molecule has 0 unspecified atom stereocenters. The molecule has 0 atom stereocenters. The molecule has 0 fully saturated rings. The molecule has 3 rings (SSSR count). The van der Waals surface area contributed by atoms with Crippen LogP contribution in [-0.2, 0) is 4.74 Å². The van der Waals surface area contributed by atoms with Crippen molar-refractivity contribution in [1.29, 1.82) is 0 Å². The van der Waals surface area contributed by atoms with Crippen LogP contribution in [0.15, 0.2) is 59.7 Å². The second-order valence-corrected chi connectivity index (χ2v) is 5.05. The van der Waals surface area contributed by atoms with Gasteiger partial charge in [0.2, 0.25) is 0 Å². The quantitative estimate of drug-likeness (QED) is 0.811. The van der Waals surface area contributed by atoms with E-state index in [0.29, 0.717) is 12.2 Å². The highest BCUT2D eigenvalue weighted by Gasteiger charge is 2.17. The zero-order valence-corrected chi connectivity index (χ0v) is 12.5. The molecule has 4 nitrogen and oxygen atoms in total. The third kappa shape index (κ3) is 3.01. The van der Waals surface area contributed by atoms with Crippen LogP contribution in [0, 0.1) is 0 Å². The van der Waals surface area contributed by atoms with E-state index in [1.807, 2.05) is 35.3 Å². The summed E-state index contributed by atoms with van der Waals surface area (Å²) in [5.41, 5.74) is 3.80. The van der Waals surface area contributed by atoms with Crippen molar-refractivity contribution in [2.24, 2.45) is 5.10 Å². The van der Waals surface area contributed by atoms with Crippen LogP contribution in [0.1, 0.15) is 29.3 Å². The third-order valence-electron chi connectivity index (χ3n) is 3.59. The van der Waals surface area contributed by atoms with Crippen LogP contribution in [0.2, 0.25) is 0 Å². The monoisotopic (exact) mass is 294 g/mol. The molecule has 0 bridgehead atoms. The van der Waals surface area contributed by atoms with Crippen molar-refractivity contribution in [3.05, 3.63) is 65.7 Å². The first-order chi connectivity index (χ1) is 10.8. The Morgan fingerprint density at radius 3 is 2.55 bits per heavy atom. The zero-order valence-electron chi connectivity index (χ0n) is 12.5. The molecule has 0 aliphatic carbocycles. The molecule has 0 N–H and O–H groups in total. The summed E-state index contributed by atoms with van der Waals surface area (Å²) < 4.78 is 4.99. The van der Waals surface area contributed by atoms with Crippen molar-refractivity contribution in [2.45, 2.75) is 13.3 Å². The molecule has 0 radical (unpaired) electrons. The van der Waals surface area contributed by atoms with Crippen LogP contribution in [0.25, 0.3) is 0 Å². The summed E-state index contributed by atoms with van der Waals surface area (Å²) in [5, 5.41) is 6.64. The molecule has 2 aromatic rings. The number of rotatable bonds is 4. The largest absolute Gasteiger partial charge is 0.462 e. The number of ether oxygens (including phenoxy) is 1. The number of carbonyl (C=O) groups excluding carboxylic acids is 1. The molecular formula is C18H18N2O2. The minimum Gasteiger partial charge on any atom is -0.462 e. The molecular weight excluding hydrogens is 276 g/mol. The lowest BCUT2D eigenvalue weighted by atomic mass is 10.1. The first-order valence-electron chi connectivity index (χ1n) is 7.45. The third-order valence-corrected chi connectivity index (χ3v) is 3.59. The Balaban J connectivity index is 1.75. The van der Waals surface area contributed by atoms with E-state index >= 15 is 0 Å². The molecule has 1 aliphatic rings. The molecule has 0 spiro atoms. The summed E-state index contributed by atoms with van der Waals surface area (Å²) in [7, 11) is 0. The van der Waals surface area contributed by atoms with Gasteiger partial charge in [-0.1, -0.05) is 30.3 Å². The Kier molecular flexibility index (Phi) is 4.19. The van der Waals surface area contributed by atoms with E-state index in [1.54, 1.807) is 19.1 Å². The van der Waals surface area contributed by atoms with Gasteiger partial charge in [0.15, 0.2) is 0 Å². The molecule has 2 aromatic carbocycles. The summed E-state index contributed by atoms with van der Waals surface area (Å²) in [4.78, 5) is 11.7. The van der Waals surface area contributed by atoms with Gasteiger partial charge in [-0.25, -0.2) is 4.79 Å². The fourth-order valence-electron chi connectivity index (χ4n) is 2.46. The average molecular weight is 294 g/mol. The first-order valence-corrected chi connectivity index (χ1v) is 7.45. The molecule has 0 saturated carbocycles. The van der Waals surface area contributed by atoms with Gasteiger partial charge in [0.1, 0.15) is 0 Å². The van der Waals surface area contributed by atoms with E-state index in [4.69, 9.17) is 4.74 Å². The molecule has 0 amide bonds. The summed E-state index contributed by atoms with van der Waals surface area (Å²) in [6.45, 7) is 3.04. The van der Waals surface area contributed by atoms with Crippen molar-refractivity contribution in [3.8, 4) is 0 Å². The lowest BCUT2D eigenvalue weighted by Gasteiger charge is -2.13. The predicted octanol–water partition coefficient (Wildman–Crippen LogP) is 3.48. The summed E-state index contributed by atoms with van der Waals surface area (Å²) in [6.07, 6.45) is 0.920. The van der Waals surface area contributed by atoms with Crippen LogP contribution < -0.4 is 5.01 Å². The molecule has 1 heterocycles. The van der Waals surface area contributed by atoms with Crippen molar-refractivity contribution in [2.75, 3.05) is 18.2 Å². The van der Waals surface area contributed by atoms with Gasteiger partial charge in [-0.3, -0.25) is 5.01 Å². The number of anilines is 1. The smallest absolute Gasteiger partial charge is 0.338 e. The minimum atomic E-state index is -0.288. The van der Waals surface area contributed by atoms with E-state index in [9.17, 15) is 4.79 Å². The maximum Gasteiger partial charge on any atom is 0.338 e. The Morgan fingerprint density at radius 2 is 1.86 bits per heavy atom. The number of esters is 1. The second kappa shape index (κ2) is 6.43. The highest BCUT2D eigenvalue weighted by atomic mass is 16.5. The zero-order chi connectivity index (χ0) is 15.4. The molecule has 0 aromatic heterocycles. The molecule has 4 heteroatoms. The van der Waals surface area contributed by atoms with Crippen molar-refractivity contribution >= 4 is 17.4 Å². The van der Waals surface area contributed by atoms with E-state index in [0.717, 1.165) is 29.9 Å². The van der Waals surface area contributed by atoms with Crippen LogP contribution in [0.3, 0.4) is 0 Å². The van der Waals surface area contributed by atoms with E-state index in [-0.39, 0.29) is 5.97 Å². The lowest BCUT2D eigenvalue weighted by molar-refractivity contribution is 0.0526. The summed E-state index contributed by atoms with van der Waals surface area (Å²) in [6, 6.07) is 17.6. The van der Waals surface area contributed by atoms with Crippen molar-refractivity contribution < 1.29 is 9.53 Å². The van der Waals surface area contributed by atoms with Gasteiger partial charge in [0, 0.05) is 13.0 Å². The van der Waals surface area contributed by atoms with E-state index < -0.39 is 0 Å². The highest BCUT2D eigenvalue weighted by Crippen LogP contribution is 2.22. The Morgan fingerprint density at radius 1 is 1.14 bits per heavy atom. The predicted molar refractivity (Wildman–Crippen MR) is 87.3 cm³/mol. The molecule has 0 saturated heterocycles. The van der Waals surface area contributed by atoms with Crippen LogP contribution >= 0.6 is 0 Å². The van der Waals surface area contributed by atoms with E-state index in [2.05, 4.69) is 17.2 Å². The van der Waals surface area contributed by atoms with Crippen molar-refractivity contribution in [1.82, 2.24) is 0 Å². The van der Waals surface area contributed by atoms with Gasteiger partial charge >= 0.3 is 5.97 Å². The SMILES string of the molecule is CCOC(=O)c1ccc(N2CCC(c3ccccc3)=N2)cc1. The maximum absolute atomic E-state index is 11.7. The van der Waals surface area contributed by atoms with Crippen molar-refractivity contribution in [3.63, 3.8) is 0 Å². The molecule has 1 aliphatic heterocycles. The Labute approximate surface area is 130 Å². The lowest BCUT2D eigenvalue weighted by Crippen LogP contribution is -2.12. The van der Waals surface area contributed by atoms with Crippen LogP contribution in [0.5, 0.6) is 0 Å². The highest BCUT2D eigenvalue weighted by molar-refractivity contribution is 6.02. The van der Waals surface area contributed by atoms with Gasteiger partial charge in [0.05, 0.1) is 23.6 Å². The van der Waals surface area contributed by atoms with Crippen LogP contribution in [0.4, 0.5) is 5.69 Å². The Bertz CT molecular complexity index is 678. The Hall–Kier alpha value is -2.62. The fourth-order valence-corrected chi connectivity index (χ4v) is 2.46. The minimum absolute atomic E-state index is 0.288. The molecule has 112 valence electrons. The molecule has 22 heavy (non-hydrogen) atoms. The summed E-state index contributed by atoms with van der Waals surface area (Å²) >= 11 is 0. The number of nitrogens with zero attached hydrogens (tertiary/aromatic N) is 2. The van der Waals surface area contributed by atoms with Gasteiger partial charge in [-0.05, 0) is 36.8 Å². The van der Waals surface area contributed by atoms with Gasteiger partial charge in [-0.15, -0.1) is 0 Å². The topological polar surface area (TPSA) is 41.9 Å². The van der Waals surface area contributed by atoms with Gasteiger partial charge in [-0.2, -0.15) is 5.10 Å². The number of hydrazone groups is 1. The van der Waals surface area contributed by atoms with Gasteiger partial charge in [0.25, 0.3) is 0 Å².